The molecule has 0 aromatic heterocycles. The first-order chi connectivity index (χ1) is 10.7. The molecule has 0 aliphatic heterocycles. The summed E-state index contributed by atoms with van der Waals surface area (Å²) in [6, 6.07) is 0. The van der Waals surface area contributed by atoms with E-state index in [1.807, 2.05) is 6.92 Å². The highest BCUT2D eigenvalue weighted by Crippen LogP contribution is 2.40. The number of unbranched alkanes of at least 4 members (excludes halogenated alkanes) is 1. The third-order valence-corrected chi connectivity index (χ3v) is 4.33. The van der Waals surface area contributed by atoms with Gasteiger partial charge < -0.3 is 20.1 Å². The van der Waals surface area contributed by atoms with Crippen molar-refractivity contribution in [3.8, 4) is 0 Å². The Bertz CT molecular complexity index is 425. The number of ether oxygens (including phenoxy) is 1. The molecule has 4 atom stereocenters. The number of carbonyl (C=O) groups is 1. The number of carboxylic acid groups (broad SMARTS) is 1. The van der Waals surface area contributed by atoms with Crippen molar-refractivity contribution >= 4 is 5.97 Å². The first kappa shape index (κ1) is 19.8. The molecule has 0 radical (unpaired) electrons. The number of rotatable bonds is 9. The highest BCUT2D eigenvalue weighted by atomic mass is 19.3. The number of alkyl halides is 2. The van der Waals surface area contributed by atoms with Crippen LogP contribution in [-0.2, 0) is 9.53 Å². The second-order valence-electron chi connectivity index (χ2n) is 6.13. The number of aliphatic hydroxyl groups is 2. The zero-order chi connectivity index (χ0) is 17.6. The van der Waals surface area contributed by atoms with Crippen molar-refractivity contribution in [1.29, 1.82) is 0 Å². The van der Waals surface area contributed by atoms with Gasteiger partial charge in [0.2, 0.25) is 0 Å². The van der Waals surface area contributed by atoms with Crippen molar-refractivity contribution in [3.63, 3.8) is 0 Å². The third-order valence-electron chi connectivity index (χ3n) is 4.33. The Morgan fingerprint density at radius 2 is 2.00 bits per heavy atom. The Balaban J connectivity index is 2.88. The number of halogens is 2. The number of allylic oxidation sites excluding steroid dienone is 1. The molecule has 0 unspecified atom stereocenters. The zero-order valence-electron chi connectivity index (χ0n) is 13.5. The van der Waals surface area contributed by atoms with Gasteiger partial charge in [-0.15, -0.1) is 0 Å². The van der Waals surface area contributed by atoms with Gasteiger partial charge in [0.1, 0.15) is 0 Å². The van der Waals surface area contributed by atoms with Crippen LogP contribution in [0.4, 0.5) is 8.78 Å². The quantitative estimate of drug-likeness (QED) is 0.563. The largest absolute Gasteiger partial charge is 0.501 e. The first-order valence-corrected chi connectivity index (χ1v) is 7.91. The van der Waals surface area contributed by atoms with Crippen LogP contribution in [0.1, 0.15) is 45.4 Å². The van der Waals surface area contributed by atoms with E-state index >= 15 is 0 Å². The molecule has 23 heavy (non-hydrogen) atoms. The van der Waals surface area contributed by atoms with E-state index in [1.165, 1.54) is 13.2 Å². The van der Waals surface area contributed by atoms with Gasteiger partial charge in [-0.3, -0.25) is 4.79 Å². The van der Waals surface area contributed by atoms with Gasteiger partial charge in [0.15, 0.2) is 0 Å². The summed E-state index contributed by atoms with van der Waals surface area (Å²) in [7, 11) is 1.30. The average molecular weight is 336 g/mol. The van der Waals surface area contributed by atoms with Crippen molar-refractivity contribution in [1.82, 2.24) is 0 Å². The molecule has 0 bridgehead atoms. The highest BCUT2D eigenvalue weighted by molar-refractivity contribution is 5.67. The van der Waals surface area contributed by atoms with Crippen molar-refractivity contribution in [2.45, 2.75) is 63.6 Å². The molecule has 1 aliphatic carbocycles. The van der Waals surface area contributed by atoms with Crippen LogP contribution in [0.2, 0.25) is 0 Å². The molecule has 0 aromatic carbocycles. The number of aliphatic hydroxyl groups excluding tert-OH is 2. The summed E-state index contributed by atoms with van der Waals surface area (Å²) in [5.74, 6) is -5.40. The van der Waals surface area contributed by atoms with Gasteiger partial charge in [0.05, 0.1) is 31.5 Å². The second-order valence-corrected chi connectivity index (χ2v) is 6.13. The van der Waals surface area contributed by atoms with Crippen molar-refractivity contribution in [2.75, 3.05) is 7.11 Å². The van der Waals surface area contributed by atoms with Gasteiger partial charge in [-0.25, -0.2) is 8.78 Å². The maximum Gasteiger partial charge on any atom is 0.303 e. The van der Waals surface area contributed by atoms with E-state index in [2.05, 4.69) is 0 Å². The van der Waals surface area contributed by atoms with Gasteiger partial charge in [-0.2, -0.15) is 0 Å². The van der Waals surface area contributed by atoms with Gasteiger partial charge in [-0.1, -0.05) is 13.3 Å². The van der Waals surface area contributed by atoms with Crippen LogP contribution in [0, 0.1) is 11.8 Å². The summed E-state index contributed by atoms with van der Waals surface area (Å²) in [4.78, 5) is 10.9. The zero-order valence-corrected chi connectivity index (χ0v) is 13.5. The van der Waals surface area contributed by atoms with Crippen LogP contribution >= 0.6 is 0 Å². The molecule has 0 spiro atoms. The molecule has 5 nitrogen and oxygen atoms in total. The minimum Gasteiger partial charge on any atom is -0.501 e. The fourth-order valence-corrected chi connectivity index (χ4v) is 3.10. The minimum atomic E-state index is -2.87. The number of carboxylic acids is 1. The standard InChI is InChI=1S/C16H26F2O5/c1-3-4-6-16(17,18)7-5-13(23-2)15-10(8-14(21)22)11(19)9-12(15)20/h5,10-12,15,19-20H,3-4,6-9H2,1-2H3,(H,21,22)/t10-,11-,12+,15+/m0/s1. The number of hydrogen-bond donors (Lipinski definition) is 3. The van der Waals surface area contributed by atoms with Crippen LogP contribution in [0.5, 0.6) is 0 Å². The van der Waals surface area contributed by atoms with Crippen LogP contribution < -0.4 is 0 Å². The van der Waals surface area contributed by atoms with E-state index in [0.29, 0.717) is 12.8 Å². The molecular weight excluding hydrogens is 310 g/mol. The van der Waals surface area contributed by atoms with Gasteiger partial charge >= 0.3 is 5.97 Å². The molecule has 1 rings (SSSR count). The first-order valence-electron chi connectivity index (χ1n) is 7.91. The molecule has 7 heteroatoms. The van der Waals surface area contributed by atoms with Gasteiger partial charge in [-0.05, 0) is 12.5 Å². The van der Waals surface area contributed by atoms with Crippen molar-refractivity contribution < 1.29 is 33.6 Å². The predicted molar refractivity (Wildman–Crippen MR) is 80.0 cm³/mol. The Morgan fingerprint density at radius 3 is 2.52 bits per heavy atom. The molecule has 0 aromatic rings. The Morgan fingerprint density at radius 1 is 1.35 bits per heavy atom. The number of hydrogen-bond acceptors (Lipinski definition) is 4. The summed E-state index contributed by atoms with van der Waals surface area (Å²) in [6.07, 6.45) is -0.807. The van der Waals surface area contributed by atoms with Gasteiger partial charge in [0.25, 0.3) is 5.92 Å². The van der Waals surface area contributed by atoms with Crippen LogP contribution in [-0.4, -0.2) is 46.5 Å². The van der Waals surface area contributed by atoms with E-state index in [1.54, 1.807) is 0 Å². The lowest BCUT2D eigenvalue weighted by molar-refractivity contribution is -0.139. The summed E-state index contributed by atoms with van der Waals surface area (Å²) in [5.41, 5.74) is 0. The van der Waals surface area contributed by atoms with Crippen LogP contribution in [0.25, 0.3) is 0 Å². The maximum atomic E-state index is 13.8. The average Bonchev–Trinajstić information content (AvgIpc) is 2.72. The predicted octanol–water partition coefficient (Wildman–Crippen LogP) is 2.56. The molecule has 3 N–H and O–H groups in total. The lowest BCUT2D eigenvalue weighted by Gasteiger charge is -2.24. The fourth-order valence-electron chi connectivity index (χ4n) is 3.10. The Labute approximate surface area is 135 Å². The lowest BCUT2D eigenvalue weighted by Crippen LogP contribution is -2.27. The molecule has 0 heterocycles. The number of methoxy groups -OCH3 is 1. The third kappa shape index (κ3) is 5.73. The van der Waals surface area contributed by atoms with E-state index < -0.39 is 42.4 Å². The van der Waals surface area contributed by atoms with Gasteiger partial charge in [0, 0.05) is 31.1 Å². The lowest BCUT2D eigenvalue weighted by atomic mass is 9.88. The van der Waals surface area contributed by atoms with E-state index in [0.717, 1.165) is 0 Å². The molecular formula is C16H26F2O5. The molecule has 0 amide bonds. The van der Waals surface area contributed by atoms with Crippen LogP contribution in [0.15, 0.2) is 11.8 Å². The normalized spacial score (nSPS) is 28.9. The number of aliphatic carboxylic acids is 1. The Kier molecular flexibility index (Phi) is 7.41. The topological polar surface area (TPSA) is 87.0 Å². The van der Waals surface area contributed by atoms with Crippen molar-refractivity contribution in [2.24, 2.45) is 11.8 Å². The maximum absolute atomic E-state index is 13.8. The molecule has 1 aliphatic rings. The van der Waals surface area contributed by atoms with E-state index in [4.69, 9.17) is 9.84 Å². The molecule has 134 valence electrons. The van der Waals surface area contributed by atoms with Crippen LogP contribution in [0.3, 0.4) is 0 Å². The smallest absolute Gasteiger partial charge is 0.303 e. The summed E-state index contributed by atoms with van der Waals surface area (Å²) in [6.45, 7) is 1.83. The molecule has 0 saturated heterocycles. The van der Waals surface area contributed by atoms with E-state index in [-0.39, 0.29) is 25.0 Å². The summed E-state index contributed by atoms with van der Waals surface area (Å²) < 4.78 is 32.7. The molecule has 1 fully saturated rings. The summed E-state index contributed by atoms with van der Waals surface area (Å²) >= 11 is 0. The highest BCUT2D eigenvalue weighted by Gasteiger charge is 2.45. The SMILES string of the molecule is CCCCC(F)(F)CC=C(OC)[C@@H]1[C@@H](CC(=O)O)[C@@H](O)C[C@H]1O. The Hall–Kier alpha value is -1.21. The van der Waals surface area contributed by atoms with Crippen molar-refractivity contribution in [3.05, 3.63) is 11.8 Å². The fraction of sp³-hybridized carbons (Fsp3) is 0.812. The second kappa shape index (κ2) is 8.59. The minimum absolute atomic E-state index is 0.00947. The molecule has 1 saturated carbocycles. The summed E-state index contributed by atoms with van der Waals surface area (Å²) in [5, 5.41) is 28.9. The van der Waals surface area contributed by atoms with E-state index in [9.17, 15) is 23.8 Å². The monoisotopic (exact) mass is 336 g/mol.